The number of benzene rings is 2. The topological polar surface area (TPSA) is 44.1 Å². The highest BCUT2D eigenvalue weighted by atomic mass is 32.2. The van der Waals surface area contributed by atoms with Gasteiger partial charge in [0.15, 0.2) is 6.29 Å². The highest BCUT2D eigenvalue weighted by Crippen LogP contribution is 2.31. The van der Waals surface area contributed by atoms with Crippen molar-refractivity contribution in [2.24, 2.45) is 0 Å². The van der Waals surface area contributed by atoms with Gasteiger partial charge in [0, 0.05) is 22.4 Å². The summed E-state index contributed by atoms with van der Waals surface area (Å²) in [6.07, 6.45) is -1.81. The molecule has 0 saturated carbocycles. The van der Waals surface area contributed by atoms with Crippen LogP contribution in [-0.4, -0.2) is 22.7 Å². The molecular formula is C21H19F3N2O2S. The average Bonchev–Trinajstić information content (AvgIpc) is 3.06. The number of aromatic nitrogens is 2. The van der Waals surface area contributed by atoms with Crippen molar-refractivity contribution in [3.63, 3.8) is 0 Å². The number of halogens is 3. The first-order chi connectivity index (χ1) is 13.8. The van der Waals surface area contributed by atoms with Crippen molar-refractivity contribution in [3.8, 4) is 11.4 Å². The fourth-order valence-corrected chi connectivity index (χ4v) is 3.76. The molecule has 8 heteroatoms. The SMILES string of the molecule is Cc1cc(SCc2cn(-c3ccc(C(F)(F)F)cc3)nc2C)ccc1OCC=O. The summed E-state index contributed by atoms with van der Waals surface area (Å²) in [7, 11) is 0. The van der Waals surface area contributed by atoms with Gasteiger partial charge in [-0.2, -0.15) is 18.3 Å². The molecule has 3 rings (SSSR count). The van der Waals surface area contributed by atoms with E-state index in [1.165, 1.54) is 12.1 Å². The minimum absolute atomic E-state index is 0.0235. The van der Waals surface area contributed by atoms with Crippen molar-refractivity contribution in [1.29, 1.82) is 0 Å². The van der Waals surface area contributed by atoms with E-state index in [0.29, 0.717) is 23.5 Å². The molecule has 152 valence electrons. The highest BCUT2D eigenvalue weighted by molar-refractivity contribution is 7.98. The predicted octanol–water partition coefficient (Wildman–Crippen LogP) is 5.38. The molecule has 0 spiro atoms. The summed E-state index contributed by atoms with van der Waals surface area (Å²) < 4.78 is 45.1. The summed E-state index contributed by atoms with van der Waals surface area (Å²) in [5, 5.41) is 4.42. The third-order valence-electron chi connectivity index (χ3n) is 4.31. The zero-order valence-corrected chi connectivity index (χ0v) is 16.7. The molecule has 3 aromatic rings. The van der Waals surface area contributed by atoms with E-state index >= 15 is 0 Å². The number of carbonyl (C=O) groups excluding carboxylic acids is 1. The Bertz CT molecular complexity index is 998. The normalized spacial score (nSPS) is 11.5. The lowest BCUT2D eigenvalue weighted by atomic mass is 10.2. The fraction of sp³-hybridized carbons (Fsp3) is 0.238. The molecule has 29 heavy (non-hydrogen) atoms. The zero-order chi connectivity index (χ0) is 21.0. The molecule has 1 heterocycles. The number of rotatable bonds is 7. The van der Waals surface area contributed by atoms with Crippen molar-refractivity contribution in [2.75, 3.05) is 6.61 Å². The summed E-state index contributed by atoms with van der Waals surface area (Å²) in [6.45, 7) is 3.81. The minimum atomic E-state index is -4.35. The van der Waals surface area contributed by atoms with Gasteiger partial charge in [-0.25, -0.2) is 4.68 Å². The van der Waals surface area contributed by atoms with Crippen molar-refractivity contribution in [1.82, 2.24) is 9.78 Å². The fourth-order valence-electron chi connectivity index (χ4n) is 2.73. The molecule has 0 N–H and O–H groups in total. The van der Waals surface area contributed by atoms with Crippen LogP contribution in [0.25, 0.3) is 5.69 Å². The van der Waals surface area contributed by atoms with E-state index in [-0.39, 0.29) is 6.61 Å². The molecule has 0 atom stereocenters. The van der Waals surface area contributed by atoms with Crippen molar-refractivity contribution in [2.45, 2.75) is 30.7 Å². The molecule has 0 amide bonds. The van der Waals surface area contributed by atoms with Crippen LogP contribution in [0.5, 0.6) is 5.75 Å². The summed E-state index contributed by atoms with van der Waals surface area (Å²) in [4.78, 5) is 11.5. The monoisotopic (exact) mass is 420 g/mol. The molecular weight excluding hydrogens is 401 g/mol. The number of thioether (sulfide) groups is 1. The first kappa shape index (κ1) is 21.0. The van der Waals surface area contributed by atoms with Gasteiger partial charge in [0.25, 0.3) is 0 Å². The molecule has 1 aromatic heterocycles. The van der Waals surface area contributed by atoms with E-state index in [0.717, 1.165) is 33.8 Å². The van der Waals surface area contributed by atoms with Gasteiger partial charge in [0.2, 0.25) is 0 Å². The molecule has 0 saturated heterocycles. The number of alkyl halides is 3. The van der Waals surface area contributed by atoms with Gasteiger partial charge in [0.05, 0.1) is 16.9 Å². The van der Waals surface area contributed by atoms with Gasteiger partial charge in [-0.15, -0.1) is 11.8 Å². The zero-order valence-electron chi connectivity index (χ0n) is 15.9. The Morgan fingerprint density at radius 2 is 1.86 bits per heavy atom. The lowest BCUT2D eigenvalue weighted by Gasteiger charge is -2.08. The molecule has 0 fully saturated rings. The quantitative estimate of drug-likeness (QED) is 0.380. The standard InChI is InChI=1S/C21H19F3N2O2S/c1-14-11-19(7-8-20(14)28-10-9-27)29-13-16-12-26(25-15(16)2)18-5-3-17(4-6-18)21(22,23)24/h3-9,11-12H,10,13H2,1-2H3. The van der Waals surface area contributed by atoms with Gasteiger partial charge >= 0.3 is 6.18 Å². The Labute approximate surface area is 170 Å². The maximum atomic E-state index is 12.7. The summed E-state index contributed by atoms with van der Waals surface area (Å²) >= 11 is 1.62. The van der Waals surface area contributed by atoms with Crippen LogP contribution in [0.2, 0.25) is 0 Å². The smallest absolute Gasteiger partial charge is 0.416 e. The van der Waals surface area contributed by atoms with E-state index in [1.54, 1.807) is 16.4 Å². The van der Waals surface area contributed by atoms with E-state index in [2.05, 4.69) is 5.10 Å². The molecule has 0 unspecified atom stereocenters. The predicted molar refractivity (Wildman–Crippen MR) is 106 cm³/mol. The molecule has 0 bridgehead atoms. The minimum Gasteiger partial charge on any atom is -0.486 e. The lowest BCUT2D eigenvalue weighted by molar-refractivity contribution is -0.137. The van der Waals surface area contributed by atoms with Gasteiger partial charge < -0.3 is 4.74 Å². The second-order valence-electron chi connectivity index (χ2n) is 6.42. The maximum Gasteiger partial charge on any atom is 0.416 e. The van der Waals surface area contributed by atoms with Gasteiger partial charge in [-0.05, 0) is 61.9 Å². The molecule has 0 aliphatic carbocycles. The average molecular weight is 420 g/mol. The number of ether oxygens (including phenoxy) is 1. The largest absolute Gasteiger partial charge is 0.486 e. The van der Waals surface area contributed by atoms with E-state index in [4.69, 9.17) is 4.74 Å². The molecule has 0 aliphatic heterocycles. The van der Waals surface area contributed by atoms with Gasteiger partial charge in [-0.3, -0.25) is 4.79 Å². The van der Waals surface area contributed by atoms with E-state index in [1.807, 2.05) is 38.2 Å². The number of nitrogens with zero attached hydrogens (tertiary/aromatic N) is 2. The summed E-state index contributed by atoms with van der Waals surface area (Å²) in [5.41, 5.74) is 2.64. The van der Waals surface area contributed by atoms with Crippen molar-refractivity contribution >= 4 is 18.0 Å². The number of aldehydes is 1. The van der Waals surface area contributed by atoms with Crippen molar-refractivity contribution in [3.05, 3.63) is 71.0 Å². The van der Waals surface area contributed by atoms with Crippen LogP contribution in [0, 0.1) is 13.8 Å². The Hall–Kier alpha value is -2.74. The van der Waals surface area contributed by atoms with Crippen LogP contribution in [0.1, 0.15) is 22.4 Å². The molecule has 4 nitrogen and oxygen atoms in total. The van der Waals surface area contributed by atoms with Crippen LogP contribution in [0.4, 0.5) is 13.2 Å². The summed E-state index contributed by atoms with van der Waals surface area (Å²) in [6, 6.07) is 10.7. The third kappa shape index (κ3) is 5.20. The van der Waals surface area contributed by atoms with Crippen LogP contribution in [-0.2, 0) is 16.7 Å². The van der Waals surface area contributed by atoms with Crippen LogP contribution in [0.3, 0.4) is 0 Å². The van der Waals surface area contributed by atoms with Crippen molar-refractivity contribution < 1.29 is 22.7 Å². The Morgan fingerprint density at radius 3 is 2.48 bits per heavy atom. The Morgan fingerprint density at radius 1 is 1.14 bits per heavy atom. The molecule has 2 aromatic carbocycles. The molecule has 0 radical (unpaired) electrons. The number of hydrogen-bond acceptors (Lipinski definition) is 4. The Balaban J connectivity index is 1.69. The highest BCUT2D eigenvalue weighted by Gasteiger charge is 2.30. The lowest BCUT2D eigenvalue weighted by Crippen LogP contribution is -2.05. The van der Waals surface area contributed by atoms with Crippen LogP contribution in [0.15, 0.2) is 53.6 Å². The maximum absolute atomic E-state index is 12.7. The summed E-state index contributed by atoms with van der Waals surface area (Å²) in [5.74, 6) is 1.34. The third-order valence-corrected chi connectivity index (χ3v) is 5.35. The first-order valence-corrected chi connectivity index (χ1v) is 9.79. The Kier molecular flexibility index (Phi) is 6.32. The van der Waals surface area contributed by atoms with E-state index < -0.39 is 11.7 Å². The van der Waals surface area contributed by atoms with Crippen LogP contribution < -0.4 is 4.74 Å². The second-order valence-corrected chi connectivity index (χ2v) is 7.47. The second kappa shape index (κ2) is 8.73. The van der Waals surface area contributed by atoms with Gasteiger partial charge in [-0.1, -0.05) is 0 Å². The number of hydrogen-bond donors (Lipinski definition) is 0. The van der Waals surface area contributed by atoms with E-state index in [9.17, 15) is 18.0 Å². The van der Waals surface area contributed by atoms with Crippen LogP contribution >= 0.6 is 11.8 Å². The number of aryl methyl sites for hydroxylation is 2. The molecule has 0 aliphatic rings. The number of carbonyl (C=O) groups is 1. The van der Waals surface area contributed by atoms with Gasteiger partial charge in [0.1, 0.15) is 12.4 Å². The first-order valence-electron chi connectivity index (χ1n) is 8.80.